The van der Waals surface area contributed by atoms with Gasteiger partial charge in [-0.25, -0.2) is 9.97 Å². The third kappa shape index (κ3) is 2.16. The number of fused-ring (bicyclic) bond motifs is 2. The summed E-state index contributed by atoms with van der Waals surface area (Å²) < 4.78 is 0. The minimum Gasteiger partial charge on any atom is -0.481 e. The topological polar surface area (TPSA) is 86.6 Å². The van der Waals surface area contributed by atoms with Gasteiger partial charge >= 0.3 is 5.97 Å². The predicted octanol–water partition coefficient (Wildman–Crippen LogP) is 1.45. The summed E-state index contributed by atoms with van der Waals surface area (Å²) in [5.41, 5.74) is -1.03. The Balaban J connectivity index is 1.49. The van der Waals surface area contributed by atoms with E-state index >= 15 is 0 Å². The molecule has 2 aromatic heterocycles. The highest BCUT2D eigenvalue weighted by Crippen LogP contribution is 2.46. The summed E-state index contributed by atoms with van der Waals surface area (Å²) in [7, 11) is 0. The van der Waals surface area contributed by atoms with Crippen molar-refractivity contribution in [1.82, 2.24) is 14.9 Å². The third-order valence-corrected chi connectivity index (χ3v) is 6.59. The summed E-state index contributed by atoms with van der Waals surface area (Å²) in [6.07, 6.45) is 3.81. The Hall–Kier alpha value is -2.22. The van der Waals surface area contributed by atoms with Crippen LogP contribution in [0, 0.1) is 17.3 Å². The molecule has 2 aromatic rings. The van der Waals surface area contributed by atoms with Gasteiger partial charge in [0, 0.05) is 26.2 Å². The maximum Gasteiger partial charge on any atom is 0.314 e. The molecule has 1 N–H and O–H groups in total. The van der Waals surface area contributed by atoms with Crippen LogP contribution in [0.4, 0.5) is 5.82 Å². The molecule has 25 heavy (non-hydrogen) atoms. The molecular weight excluding hydrogens is 340 g/mol. The summed E-state index contributed by atoms with van der Waals surface area (Å²) in [4.78, 5) is 38.3. The van der Waals surface area contributed by atoms with Gasteiger partial charge in [-0.2, -0.15) is 0 Å². The van der Waals surface area contributed by atoms with Gasteiger partial charge in [0.25, 0.3) is 0 Å². The molecule has 5 rings (SSSR count). The van der Waals surface area contributed by atoms with Gasteiger partial charge in [0.05, 0.1) is 11.3 Å². The Morgan fingerprint density at radius 3 is 2.92 bits per heavy atom. The first-order valence-corrected chi connectivity index (χ1v) is 9.42. The van der Waals surface area contributed by atoms with E-state index in [0.29, 0.717) is 32.1 Å². The third-order valence-electron chi connectivity index (χ3n) is 5.77. The SMILES string of the molecule is O=C1[C@@H]2CN(c3ncnc4sccc34)C[C@]2(C(=O)O)CN1CC1CC1. The smallest absolute Gasteiger partial charge is 0.314 e. The van der Waals surface area contributed by atoms with Gasteiger partial charge in [-0.15, -0.1) is 11.3 Å². The number of likely N-dealkylation sites (tertiary alicyclic amines) is 1. The molecular formula is C17H18N4O3S. The lowest BCUT2D eigenvalue weighted by molar-refractivity contribution is -0.149. The minimum atomic E-state index is -1.03. The second-order valence-corrected chi connectivity index (χ2v) is 8.29. The highest BCUT2D eigenvalue weighted by molar-refractivity contribution is 7.16. The Labute approximate surface area is 148 Å². The first-order valence-electron chi connectivity index (χ1n) is 8.54. The first kappa shape index (κ1) is 15.1. The zero-order chi connectivity index (χ0) is 17.2. The maximum atomic E-state index is 12.9. The quantitative estimate of drug-likeness (QED) is 0.890. The zero-order valence-electron chi connectivity index (χ0n) is 13.6. The molecule has 1 aliphatic carbocycles. The van der Waals surface area contributed by atoms with E-state index in [2.05, 4.69) is 9.97 Å². The van der Waals surface area contributed by atoms with Crippen molar-refractivity contribution in [3.63, 3.8) is 0 Å². The summed E-state index contributed by atoms with van der Waals surface area (Å²) in [6, 6.07) is 1.96. The van der Waals surface area contributed by atoms with E-state index in [1.165, 1.54) is 17.7 Å². The molecule has 3 fully saturated rings. The van der Waals surface area contributed by atoms with Crippen molar-refractivity contribution < 1.29 is 14.7 Å². The number of carboxylic acids is 1. The molecule has 0 radical (unpaired) electrons. The number of hydrogen-bond donors (Lipinski definition) is 1. The maximum absolute atomic E-state index is 12.9. The van der Waals surface area contributed by atoms with Gasteiger partial charge in [0.1, 0.15) is 22.4 Å². The van der Waals surface area contributed by atoms with Crippen molar-refractivity contribution in [2.24, 2.45) is 17.3 Å². The van der Waals surface area contributed by atoms with E-state index in [1.54, 1.807) is 4.90 Å². The average molecular weight is 358 g/mol. The fraction of sp³-hybridized carbons (Fsp3) is 0.529. The van der Waals surface area contributed by atoms with E-state index in [1.807, 2.05) is 16.3 Å². The number of nitrogens with zero attached hydrogens (tertiary/aromatic N) is 4. The number of thiophene rings is 1. The van der Waals surface area contributed by atoms with Gasteiger partial charge in [-0.1, -0.05) is 0 Å². The van der Waals surface area contributed by atoms with E-state index in [9.17, 15) is 14.7 Å². The van der Waals surface area contributed by atoms with Crippen LogP contribution in [0.15, 0.2) is 17.8 Å². The standard InChI is InChI=1S/C17H18N4O3S/c22-15-12-6-20(13-11-3-4-25-14(11)19-9-18-13)7-17(12,16(23)24)8-21(15)5-10-1-2-10/h3-4,9-10,12H,1-2,5-8H2,(H,23,24)/t12-,17-/m0/s1. The number of carbonyl (C=O) groups is 2. The minimum absolute atomic E-state index is 0.00702. The molecule has 0 bridgehead atoms. The summed E-state index contributed by atoms with van der Waals surface area (Å²) in [5, 5.41) is 12.8. The van der Waals surface area contributed by atoms with Gasteiger partial charge < -0.3 is 14.9 Å². The molecule has 4 heterocycles. The lowest BCUT2D eigenvalue weighted by Crippen LogP contribution is -2.41. The van der Waals surface area contributed by atoms with Crippen LogP contribution < -0.4 is 4.90 Å². The fourth-order valence-corrected chi connectivity index (χ4v) is 4.99. The van der Waals surface area contributed by atoms with Crippen molar-refractivity contribution in [1.29, 1.82) is 0 Å². The van der Waals surface area contributed by atoms with Gasteiger partial charge in [0.2, 0.25) is 5.91 Å². The van der Waals surface area contributed by atoms with Gasteiger partial charge in [-0.3, -0.25) is 9.59 Å². The number of hydrogen-bond acceptors (Lipinski definition) is 6. The first-order chi connectivity index (χ1) is 12.1. The van der Waals surface area contributed by atoms with Gasteiger partial charge in [-0.05, 0) is 30.2 Å². The number of aromatic nitrogens is 2. The molecule has 3 aliphatic rings. The highest BCUT2D eigenvalue weighted by atomic mass is 32.1. The number of carboxylic acid groups (broad SMARTS) is 1. The van der Waals surface area contributed by atoms with E-state index in [-0.39, 0.29) is 5.91 Å². The van der Waals surface area contributed by atoms with Crippen molar-refractivity contribution in [2.45, 2.75) is 12.8 Å². The molecule has 8 heteroatoms. The normalized spacial score (nSPS) is 28.8. The number of rotatable bonds is 4. The molecule has 130 valence electrons. The average Bonchev–Trinajstić information content (AvgIpc) is 3.04. The zero-order valence-corrected chi connectivity index (χ0v) is 14.4. The molecule has 2 aliphatic heterocycles. The Kier molecular flexibility index (Phi) is 3.10. The molecule has 0 aromatic carbocycles. The van der Waals surface area contributed by atoms with Crippen LogP contribution in [0.3, 0.4) is 0 Å². The number of aliphatic carboxylic acids is 1. The summed E-state index contributed by atoms with van der Waals surface area (Å²) in [6.45, 7) is 1.76. The number of carbonyl (C=O) groups excluding carboxylic acids is 1. The van der Waals surface area contributed by atoms with Crippen LogP contribution >= 0.6 is 11.3 Å². The molecule has 0 spiro atoms. The van der Waals surface area contributed by atoms with Crippen LogP contribution in [-0.2, 0) is 9.59 Å². The second-order valence-electron chi connectivity index (χ2n) is 7.39. The molecule has 0 unspecified atom stereocenters. The van der Waals surface area contributed by atoms with Crippen molar-refractivity contribution >= 4 is 39.2 Å². The van der Waals surface area contributed by atoms with Crippen LogP contribution in [0.5, 0.6) is 0 Å². The fourth-order valence-electron chi connectivity index (χ4n) is 4.27. The monoisotopic (exact) mass is 358 g/mol. The van der Waals surface area contributed by atoms with Crippen LogP contribution in [-0.4, -0.2) is 58.0 Å². The Morgan fingerprint density at radius 1 is 1.36 bits per heavy atom. The molecule has 7 nitrogen and oxygen atoms in total. The lowest BCUT2D eigenvalue weighted by Gasteiger charge is -2.26. The lowest BCUT2D eigenvalue weighted by atomic mass is 9.81. The number of amides is 1. The molecule has 1 saturated carbocycles. The molecule has 2 saturated heterocycles. The largest absolute Gasteiger partial charge is 0.481 e. The number of anilines is 1. The molecule has 2 atom stereocenters. The van der Waals surface area contributed by atoms with Crippen LogP contribution in [0.1, 0.15) is 12.8 Å². The second kappa shape index (κ2) is 5.14. The van der Waals surface area contributed by atoms with E-state index < -0.39 is 17.3 Å². The van der Waals surface area contributed by atoms with Crippen LogP contribution in [0.2, 0.25) is 0 Å². The molecule has 1 amide bonds. The van der Waals surface area contributed by atoms with E-state index in [4.69, 9.17) is 0 Å². The predicted molar refractivity (Wildman–Crippen MR) is 92.5 cm³/mol. The Bertz CT molecular complexity index is 880. The summed E-state index contributed by atoms with van der Waals surface area (Å²) in [5.74, 6) is -0.0677. The highest BCUT2D eigenvalue weighted by Gasteiger charge is 2.62. The van der Waals surface area contributed by atoms with Crippen LogP contribution in [0.25, 0.3) is 10.2 Å². The van der Waals surface area contributed by atoms with Gasteiger partial charge in [0.15, 0.2) is 0 Å². The van der Waals surface area contributed by atoms with E-state index in [0.717, 1.165) is 28.9 Å². The van der Waals surface area contributed by atoms with Crippen molar-refractivity contribution in [3.8, 4) is 0 Å². The Morgan fingerprint density at radius 2 is 2.20 bits per heavy atom. The van der Waals surface area contributed by atoms with Crippen molar-refractivity contribution in [2.75, 3.05) is 31.1 Å². The van der Waals surface area contributed by atoms with Crippen molar-refractivity contribution in [3.05, 3.63) is 17.8 Å². The summed E-state index contributed by atoms with van der Waals surface area (Å²) >= 11 is 1.53.